The molecule has 0 saturated heterocycles. The van der Waals surface area contributed by atoms with Crippen molar-refractivity contribution in [2.45, 2.75) is 6.61 Å². The highest BCUT2D eigenvalue weighted by Gasteiger charge is 2.27. The molecule has 8 heteroatoms. The van der Waals surface area contributed by atoms with Crippen LogP contribution in [0.3, 0.4) is 0 Å². The largest absolute Gasteiger partial charge is 0.618 e. The Bertz CT molecular complexity index is 1000. The molecule has 0 aliphatic carbocycles. The van der Waals surface area contributed by atoms with Gasteiger partial charge in [0.25, 0.3) is 0 Å². The molecule has 3 rings (SSSR count). The average molecular weight is 368 g/mol. The van der Waals surface area contributed by atoms with E-state index in [-0.39, 0.29) is 23.5 Å². The van der Waals surface area contributed by atoms with Crippen LogP contribution in [0.2, 0.25) is 0 Å². The number of carbonyl (C=O) groups excluding carboxylic acids is 2. The van der Waals surface area contributed by atoms with E-state index in [4.69, 9.17) is 9.47 Å². The molecule has 0 bridgehead atoms. The first-order valence-electron chi connectivity index (χ1n) is 7.96. The van der Waals surface area contributed by atoms with Gasteiger partial charge in [-0.1, -0.05) is 12.1 Å². The van der Waals surface area contributed by atoms with Gasteiger partial charge in [0.1, 0.15) is 17.9 Å². The van der Waals surface area contributed by atoms with Crippen LogP contribution in [0.15, 0.2) is 48.5 Å². The number of ether oxygens (including phenoxy) is 3. The number of esters is 2. The molecule has 1 heterocycles. The molecule has 0 amide bonds. The van der Waals surface area contributed by atoms with Gasteiger partial charge >= 0.3 is 17.6 Å². The molecule has 0 atom stereocenters. The molecule has 0 fully saturated rings. The van der Waals surface area contributed by atoms with Gasteiger partial charge in [0, 0.05) is 6.07 Å². The summed E-state index contributed by atoms with van der Waals surface area (Å²) in [7, 11) is 2.68. The molecular weight excluding hydrogens is 352 g/mol. The van der Waals surface area contributed by atoms with Crippen molar-refractivity contribution in [2.24, 2.45) is 0 Å². The molecule has 138 valence electrons. The highest BCUT2D eigenvalue weighted by Crippen LogP contribution is 2.15. The zero-order valence-corrected chi connectivity index (χ0v) is 14.7. The number of methoxy groups -OCH3 is 2. The van der Waals surface area contributed by atoms with Crippen molar-refractivity contribution in [1.82, 2.24) is 4.98 Å². The van der Waals surface area contributed by atoms with Gasteiger partial charge in [-0.15, -0.1) is 0 Å². The van der Waals surface area contributed by atoms with Crippen molar-refractivity contribution >= 4 is 23.0 Å². The fourth-order valence-corrected chi connectivity index (χ4v) is 2.51. The van der Waals surface area contributed by atoms with E-state index in [1.807, 2.05) is 0 Å². The number of rotatable bonds is 5. The Morgan fingerprint density at radius 3 is 2.41 bits per heavy atom. The predicted molar refractivity (Wildman–Crippen MR) is 94.2 cm³/mol. The van der Waals surface area contributed by atoms with Crippen LogP contribution in [-0.4, -0.2) is 31.1 Å². The second-order valence-corrected chi connectivity index (χ2v) is 5.49. The molecule has 0 N–H and O–H groups in total. The van der Waals surface area contributed by atoms with E-state index in [9.17, 15) is 14.8 Å². The van der Waals surface area contributed by atoms with Crippen molar-refractivity contribution in [3.05, 3.63) is 70.7 Å². The Hall–Kier alpha value is -3.68. The highest BCUT2D eigenvalue weighted by molar-refractivity contribution is 5.90. The maximum atomic E-state index is 12.6. The normalized spacial score (nSPS) is 10.4. The Morgan fingerprint density at radius 1 is 1.04 bits per heavy atom. The third-order valence-electron chi connectivity index (χ3n) is 3.88. The molecule has 0 saturated carbocycles. The predicted octanol–water partition coefficient (Wildman–Crippen LogP) is 2.02. The summed E-state index contributed by atoms with van der Waals surface area (Å²) >= 11 is 0. The van der Waals surface area contributed by atoms with Crippen LogP contribution in [0.25, 0.3) is 11.0 Å². The summed E-state index contributed by atoms with van der Waals surface area (Å²) in [6.07, 6.45) is 0. The lowest BCUT2D eigenvalue weighted by Gasteiger charge is -2.11. The van der Waals surface area contributed by atoms with Gasteiger partial charge in [0.15, 0.2) is 5.69 Å². The monoisotopic (exact) mass is 368 g/mol. The summed E-state index contributed by atoms with van der Waals surface area (Å²) in [5.41, 5.74) is 0.570. The van der Waals surface area contributed by atoms with E-state index in [0.717, 1.165) is 7.11 Å². The number of aromatic nitrogens is 2. The van der Waals surface area contributed by atoms with E-state index in [1.165, 1.54) is 13.2 Å². The van der Waals surface area contributed by atoms with Crippen LogP contribution in [0.4, 0.5) is 0 Å². The average Bonchev–Trinajstić information content (AvgIpc) is 2.71. The first-order valence-corrected chi connectivity index (χ1v) is 7.96. The molecule has 0 unspecified atom stereocenters. The molecule has 2 aromatic carbocycles. The molecular formula is C19H16N2O6. The maximum absolute atomic E-state index is 12.6. The maximum Gasteiger partial charge on any atom is 0.406 e. The van der Waals surface area contributed by atoms with Crippen LogP contribution in [0.1, 0.15) is 26.5 Å². The Kier molecular flexibility index (Phi) is 5.16. The third-order valence-corrected chi connectivity index (χ3v) is 3.88. The molecule has 0 radical (unpaired) electrons. The van der Waals surface area contributed by atoms with Gasteiger partial charge in [0.2, 0.25) is 5.52 Å². The number of fused-ring (bicyclic) bond motifs is 1. The molecule has 1 aromatic heterocycles. The van der Waals surface area contributed by atoms with E-state index < -0.39 is 11.9 Å². The van der Waals surface area contributed by atoms with Crippen LogP contribution < -0.4 is 9.47 Å². The van der Waals surface area contributed by atoms with Crippen molar-refractivity contribution < 1.29 is 28.5 Å². The van der Waals surface area contributed by atoms with Crippen LogP contribution in [-0.2, 0) is 16.1 Å². The second kappa shape index (κ2) is 7.69. The number of hydrogen-bond donors (Lipinski definition) is 0. The quantitative estimate of drug-likeness (QED) is 0.386. The number of hydrogen-bond acceptors (Lipinski definition) is 7. The Balaban J connectivity index is 1.90. The minimum absolute atomic E-state index is 0.0115. The molecule has 0 aliphatic rings. The SMILES string of the molecule is COC(=O)c1c(COC(=O)c2ccc(OC)cc2)nc2ccccc2[n+]1[O-]. The lowest BCUT2D eigenvalue weighted by Crippen LogP contribution is -2.38. The summed E-state index contributed by atoms with van der Waals surface area (Å²) < 4.78 is 15.4. The minimum atomic E-state index is -0.862. The number of nitrogens with zero attached hydrogens (tertiary/aromatic N) is 2. The molecule has 0 aliphatic heterocycles. The lowest BCUT2D eigenvalue weighted by atomic mass is 10.2. The minimum Gasteiger partial charge on any atom is -0.618 e. The van der Waals surface area contributed by atoms with Crippen LogP contribution in [0, 0.1) is 5.21 Å². The topological polar surface area (TPSA) is 102 Å². The van der Waals surface area contributed by atoms with Gasteiger partial charge < -0.3 is 19.4 Å². The first-order chi connectivity index (χ1) is 13.0. The van der Waals surface area contributed by atoms with Gasteiger partial charge in [-0.3, -0.25) is 0 Å². The standard InChI is InChI=1S/C19H16N2O6/c1-25-13-9-7-12(8-10-13)18(22)27-11-15-17(19(23)26-2)21(24)16-6-4-3-5-14(16)20-15/h3-10H,11H2,1-2H3. The molecule has 27 heavy (non-hydrogen) atoms. The van der Waals surface area contributed by atoms with Crippen molar-refractivity contribution in [1.29, 1.82) is 0 Å². The third kappa shape index (κ3) is 3.64. The Morgan fingerprint density at radius 2 is 1.74 bits per heavy atom. The fourth-order valence-electron chi connectivity index (χ4n) is 2.51. The summed E-state index contributed by atoms with van der Waals surface area (Å²) in [4.78, 5) is 28.6. The Labute approximate surface area is 154 Å². The van der Waals surface area contributed by atoms with E-state index >= 15 is 0 Å². The number of benzene rings is 2. The van der Waals surface area contributed by atoms with Crippen LogP contribution >= 0.6 is 0 Å². The fraction of sp³-hybridized carbons (Fsp3) is 0.158. The highest BCUT2D eigenvalue weighted by atomic mass is 16.5. The molecule has 0 spiro atoms. The summed E-state index contributed by atoms with van der Waals surface area (Å²) in [5, 5.41) is 12.6. The van der Waals surface area contributed by atoms with Crippen molar-refractivity contribution in [3.8, 4) is 5.75 Å². The molecule has 8 nitrogen and oxygen atoms in total. The first kappa shape index (κ1) is 18.1. The van der Waals surface area contributed by atoms with E-state index in [0.29, 0.717) is 21.6 Å². The number of para-hydroxylation sites is 2. The number of carbonyl (C=O) groups is 2. The van der Waals surface area contributed by atoms with Gasteiger partial charge in [0.05, 0.1) is 19.8 Å². The zero-order valence-electron chi connectivity index (χ0n) is 14.7. The second-order valence-electron chi connectivity index (χ2n) is 5.49. The summed E-state index contributed by atoms with van der Waals surface area (Å²) in [6, 6.07) is 12.9. The zero-order chi connectivity index (χ0) is 19.4. The van der Waals surface area contributed by atoms with E-state index in [1.54, 1.807) is 42.5 Å². The van der Waals surface area contributed by atoms with Gasteiger partial charge in [-0.2, -0.15) is 4.73 Å². The van der Waals surface area contributed by atoms with Gasteiger partial charge in [-0.25, -0.2) is 14.6 Å². The van der Waals surface area contributed by atoms with Crippen LogP contribution in [0.5, 0.6) is 5.75 Å². The lowest BCUT2D eigenvalue weighted by molar-refractivity contribution is -0.581. The van der Waals surface area contributed by atoms with E-state index in [2.05, 4.69) is 9.72 Å². The smallest absolute Gasteiger partial charge is 0.406 e. The van der Waals surface area contributed by atoms with Crippen molar-refractivity contribution in [3.63, 3.8) is 0 Å². The molecule has 3 aromatic rings. The summed E-state index contributed by atoms with van der Waals surface area (Å²) in [5.74, 6) is -0.886. The van der Waals surface area contributed by atoms with Crippen molar-refractivity contribution in [2.75, 3.05) is 14.2 Å². The van der Waals surface area contributed by atoms with Gasteiger partial charge in [-0.05, 0) is 30.3 Å². The summed E-state index contributed by atoms with van der Waals surface area (Å²) in [6.45, 7) is -0.359.